The van der Waals surface area contributed by atoms with Crippen LogP contribution in [0, 0.1) is 5.92 Å². The monoisotopic (exact) mass is 316 g/mol. The van der Waals surface area contributed by atoms with E-state index in [0.717, 1.165) is 45.3 Å². The highest BCUT2D eigenvalue weighted by atomic mass is 16.3. The summed E-state index contributed by atoms with van der Waals surface area (Å²) in [7, 11) is 0. The summed E-state index contributed by atoms with van der Waals surface area (Å²) in [5.74, 6) is 0.650. The van der Waals surface area contributed by atoms with E-state index >= 15 is 0 Å². The molecule has 1 atom stereocenters. The average Bonchev–Trinajstić information content (AvgIpc) is 3.39. The highest BCUT2D eigenvalue weighted by Crippen LogP contribution is 2.29. The van der Waals surface area contributed by atoms with E-state index < -0.39 is 0 Å². The van der Waals surface area contributed by atoms with Gasteiger partial charge in [0.1, 0.15) is 0 Å². The van der Waals surface area contributed by atoms with Crippen LogP contribution in [0.25, 0.3) is 0 Å². The van der Waals surface area contributed by atoms with Crippen molar-refractivity contribution in [1.82, 2.24) is 9.80 Å². The Labute approximate surface area is 139 Å². The number of likely N-dealkylation sites (tertiary alicyclic amines) is 1. The first-order valence-electron chi connectivity index (χ1n) is 8.87. The summed E-state index contributed by atoms with van der Waals surface area (Å²) in [5, 5.41) is 9.68. The van der Waals surface area contributed by atoms with Gasteiger partial charge in [-0.3, -0.25) is 9.69 Å². The van der Waals surface area contributed by atoms with Crippen molar-refractivity contribution in [2.45, 2.75) is 51.3 Å². The van der Waals surface area contributed by atoms with Crippen LogP contribution in [0.3, 0.4) is 0 Å². The van der Waals surface area contributed by atoms with Crippen molar-refractivity contribution in [1.29, 1.82) is 0 Å². The zero-order chi connectivity index (χ0) is 16.2. The van der Waals surface area contributed by atoms with Gasteiger partial charge in [-0.05, 0) is 57.2 Å². The molecule has 0 aromatic heterocycles. The summed E-state index contributed by atoms with van der Waals surface area (Å²) in [6.45, 7) is 4.97. The Hall–Kier alpha value is -1.39. The molecule has 4 nitrogen and oxygen atoms in total. The summed E-state index contributed by atoms with van der Waals surface area (Å²) in [5.41, 5.74) is 1.21. The molecule has 1 saturated heterocycles. The molecule has 1 heterocycles. The zero-order valence-electron chi connectivity index (χ0n) is 14.0. The first-order valence-corrected chi connectivity index (χ1v) is 8.87. The Morgan fingerprint density at radius 1 is 1.22 bits per heavy atom. The molecule has 23 heavy (non-hydrogen) atoms. The van der Waals surface area contributed by atoms with Gasteiger partial charge in [0.25, 0.3) is 0 Å². The number of aliphatic hydroxyl groups excluding tert-OH is 1. The normalized spacial score (nSPS) is 21.1. The Kier molecular flexibility index (Phi) is 5.34. The molecule has 4 heteroatoms. The summed E-state index contributed by atoms with van der Waals surface area (Å²) in [4.78, 5) is 17.1. The molecule has 1 aliphatic carbocycles. The Bertz CT molecular complexity index is 505. The molecule has 1 aliphatic heterocycles. The highest BCUT2D eigenvalue weighted by Gasteiger charge is 2.33. The number of amides is 1. The van der Waals surface area contributed by atoms with Gasteiger partial charge in [-0.25, -0.2) is 0 Å². The second-order valence-electron chi connectivity index (χ2n) is 7.09. The fourth-order valence-electron chi connectivity index (χ4n) is 3.46. The molecule has 1 aromatic carbocycles. The van der Waals surface area contributed by atoms with E-state index in [2.05, 4.69) is 21.9 Å². The lowest BCUT2D eigenvalue weighted by Crippen LogP contribution is -2.45. The van der Waals surface area contributed by atoms with Gasteiger partial charge in [0.15, 0.2) is 0 Å². The van der Waals surface area contributed by atoms with Crippen LogP contribution < -0.4 is 0 Å². The minimum Gasteiger partial charge on any atom is -0.393 e. The number of aliphatic hydroxyl groups is 1. The number of carbonyl (C=O) groups is 1. The van der Waals surface area contributed by atoms with Crippen molar-refractivity contribution in [3.05, 3.63) is 35.9 Å². The van der Waals surface area contributed by atoms with Crippen molar-refractivity contribution in [3.63, 3.8) is 0 Å². The average molecular weight is 316 g/mol. The lowest BCUT2D eigenvalue weighted by molar-refractivity contribution is -0.134. The van der Waals surface area contributed by atoms with Crippen LogP contribution in [0.2, 0.25) is 0 Å². The maximum atomic E-state index is 12.7. The quantitative estimate of drug-likeness (QED) is 0.875. The number of carbonyl (C=O) groups excluding carboxylic acids is 1. The van der Waals surface area contributed by atoms with Crippen LogP contribution in [-0.4, -0.2) is 52.6 Å². The Morgan fingerprint density at radius 3 is 2.43 bits per heavy atom. The van der Waals surface area contributed by atoms with E-state index in [9.17, 15) is 9.90 Å². The van der Waals surface area contributed by atoms with Gasteiger partial charge in [0.05, 0.1) is 12.6 Å². The van der Waals surface area contributed by atoms with E-state index in [0.29, 0.717) is 18.5 Å². The van der Waals surface area contributed by atoms with E-state index in [1.165, 1.54) is 5.56 Å². The third kappa shape index (κ3) is 4.55. The first-order chi connectivity index (χ1) is 11.1. The number of hydrogen-bond acceptors (Lipinski definition) is 3. The molecular weight excluding hydrogens is 288 g/mol. The molecule has 2 aliphatic rings. The van der Waals surface area contributed by atoms with Crippen LogP contribution >= 0.6 is 0 Å². The van der Waals surface area contributed by atoms with E-state index in [4.69, 9.17) is 0 Å². The lowest BCUT2D eigenvalue weighted by Gasteiger charge is -2.34. The fourth-order valence-corrected chi connectivity index (χ4v) is 3.46. The van der Waals surface area contributed by atoms with Crippen molar-refractivity contribution in [3.8, 4) is 0 Å². The Balaban J connectivity index is 1.53. The van der Waals surface area contributed by atoms with Crippen molar-refractivity contribution in [2.75, 3.05) is 19.6 Å². The number of hydrogen-bond donors (Lipinski definition) is 1. The summed E-state index contributed by atoms with van der Waals surface area (Å²) in [6.07, 6.45) is 4.04. The van der Waals surface area contributed by atoms with Crippen molar-refractivity contribution >= 4 is 5.91 Å². The Morgan fingerprint density at radius 2 is 1.87 bits per heavy atom. The number of rotatable bonds is 6. The molecular formula is C19H28N2O2. The van der Waals surface area contributed by atoms with Gasteiger partial charge < -0.3 is 10.0 Å². The van der Waals surface area contributed by atoms with Crippen LogP contribution in [0.15, 0.2) is 30.3 Å². The molecule has 1 aromatic rings. The van der Waals surface area contributed by atoms with Gasteiger partial charge in [-0.2, -0.15) is 0 Å². The maximum Gasteiger partial charge on any atom is 0.237 e. The lowest BCUT2D eigenvalue weighted by atomic mass is 9.92. The molecule has 1 amide bonds. The molecule has 0 bridgehead atoms. The van der Waals surface area contributed by atoms with Crippen LogP contribution in [0.1, 0.15) is 38.2 Å². The smallest absolute Gasteiger partial charge is 0.237 e. The molecule has 0 spiro atoms. The number of benzene rings is 1. The van der Waals surface area contributed by atoms with E-state index in [-0.39, 0.29) is 12.0 Å². The van der Waals surface area contributed by atoms with Crippen molar-refractivity contribution in [2.24, 2.45) is 5.92 Å². The minimum atomic E-state index is -0.228. The topological polar surface area (TPSA) is 43.8 Å². The molecule has 3 rings (SSSR count). The first kappa shape index (κ1) is 16.5. The van der Waals surface area contributed by atoms with Crippen molar-refractivity contribution < 1.29 is 9.90 Å². The van der Waals surface area contributed by atoms with Gasteiger partial charge in [0, 0.05) is 12.6 Å². The third-order valence-corrected chi connectivity index (χ3v) is 5.18. The predicted octanol–water partition coefficient (Wildman–Crippen LogP) is 2.27. The third-order valence-electron chi connectivity index (χ3n) is 5.18. The summed E-state index contributed by atoms with van der Waals surface area (Å²) < 4.78 is 0. The number of nitrogens with zero attached hydrogens (tertiary/aromatic N) is 2. The second-order valence-corrected chi connectivity index (χ2v) is 7.09. The van der Waals surface area contributed by atoms with Crippen LogP contribution in [0.4, 0.5) is 0 Å². The summed E-state index contributed by atoms with van der Waals surface area (Å²) in [6, 6.07) is 10.7. The summed E-state index contributed by atoms with van der Waals surface area (Å²) >= 11 is 0. The van der Waals surface area contributed by atoms with E-state index in [1.807, 2.05) is 25.1 Å². The van der Waals surface area contributed by atoms with Crippen LogP contribution in [0.5, 0.6) is 0 Å². The minimum absolute atomic E-state index is 0.228. The molecule has 126 valence electrons. The van der Waals surface area contributed by atoms with Gasteiger partial charge in [-0.1, -0.05) is 30.3 Å². The molecule has 0 radical (unpaired) electrons. The van der Waals surface area contributed by atoms with Gasteiger partial charge >= 0.3 is 0 Å². The standard InChI is InChI=1S/C19H28N2O2/c1-15(22)17-9-11-20(12-10-17)14-19(23)21(18-7-8-18)13-16-5-3-2-4-6-16/h2-6,15,17-18,22H,7-14H2,1H3. The molecule has 1 unspecified atom stereocenters. The maximum absolute atomic E-state index is 12.7. The molecule has 1 saturated carbocycles. The largest absolute Gasteiger partial charge is 0.393 e. The van der Waals surface area contributed by atoms with Gasteiger partial charge in [0.2, 0.25) is 5.91 Å². The van der Waals surface area contributed by atoms with E-state index in [1.54, 1.807) is 0 Å². The number of piperidine rings is 1. The SMILES string of the molecule is CC(O)C1CCN(CC(=O)N(Cc2ccccc2)C2CC2)CC1. The predicted molar refractivity (Wildman–Crippen MR) is 90.9 cm³/mol. The highest BCUT2D eigenvalue weighted by molar-refractivity contribution is 5.79. The fraction of sp³-hybridized carbons (Fsp3) is 0.632. The zero-order valence-corrected chi connectivity index (χ0v) is 14.0. The second kappa shape index (κ2) is 7.45. The van der Waals surface area contributed by atoms with Crippen LogP contribution in [-0.2, 0) is 11.3 Å². The molecule has 2 fully saturated rings. The van der Waals surface area contributed by atoms with Gasteiger partial charge in [-0.15, -0.1) is 0 Å². The molecule has 1 N–H and O–H groups in total.